The third-order valence-corrected chi connectivity index (χ3v) is 17.9. The molecule has 392 valence electrons. The van der Waals surface area contributed by atoms with Crippen LogP contribution in [0.5, 0.6) is 0 Å². The predicted octanol–water partition coefficient (Wildman–Crippen LogP) is 20.9. The molecule has 2 heterocycles. The summed E-state index contributed by atoms with van der Waals surface area (Å²) >= 11 is 7.44. The number of carbonyl (C=O) groups excluding carboxylic acids is 1. The largest absolute Gasteiger partial charge is 0.506 e. The van der Waals surface area contributed by atoms with E-state index in [4.69, 9.17) is 0 Å². The maximum absolute atomic E-state index is 14.6. The minimum atomic E-state index is -0.356. The van der Waals surface area contributed by atoms with Gasteiger partial charge in [0.15, 0.2) is 5.78 Å². The number of aliphatic hydroxyl groups is 1. The first-order valence-electron chi connectivity index (χ1n) is 29.3. The molecule has 4 aromatic rings. The molecule has 6 heteroatoms. The van der Waals surface area contributed by atoms with E-state index in [2.05, 4.69) is 150 Å². The van der Waals surface area contributed by atoms with Crippen molar-refractivity contribution in [2.75, 3.05) is 22.9 Å². The Morgan fingerprint density at radius 3 is 1.39 bits per heavy atom. The van der Waals surface area contributed by atoms with Crippen LogP contribution in [-0.2, 0) is 15.6 Å². The lowest BCUT2D eigenvalue weighted by Crippen LogP contribution is -2.42. The number of allylic oxidation sites excluding steroid dienone is 4. The van der Waals surface area contributed by atoms with Gasteiger partial charge in [0.1, 0.15) is 5.76 Å². The zero-order valence-electron chi connectivity index (χ0n) is 45.7. The third kappa shape index (κ3) is 14.1. The van der Waals surface area contributed by atoms with Crippen molar-refractivity contribution in [3.63, 3.8) is 0 Å². The van der Waals surface area contributed by atoms with Gasteiger partial charge in [-0.25, -0.2) is 0 Å². The molecule has 0 spiro atoms. The normalized spacial score (nSPS) is 18.1. The highest BCUT2D eigenvalue weighted by molar-refractivity contribution is 9.10. The van der Waals surface area contributed by atoms with Gasteiger partial charge in [0, 0.05) is 49.9 Å². The molecular weight excluding hydrogens is 1010 g/mol. The summed E-state index contributed by atoms with van der Waals surface area (Å²) in [6.07, 6.45) is 41.5. The van der Waals surface area contributed by atoms with Crippen LogP contribution in [0, 0.1) is 0 Å². The fourth-order valence-electron chi connectivity index (χ4n) is 12.3. The van der Waals surface area contributed by atoms with E-state index >= 15 is 0 Å². The van der Waals surface area contributed by atoms with E-state index in [1.807, 2.05) is 6.08 Å². The van der Waals surface area contributed by atoms with Gasteiger partial charge in [0.2, 0.25) is 0 Å². The van der Waals surface area contributed by atoms with E-state index in [1.165, 1.54) is 211 Å². The molecule has 4 aromatic carbocycles. The second-order valence-electron chi connectivity index (χ2n) is 23.3. The summed E-state index contributed by atoms with van der Waals surface area (Å²) < 4.78 is 2.15. The fourth-order valence-corrected chi connectivity index (χ4v) is 13.1. The SMILES string of the molecule is CCCCCCCCCCCCCCCCN1/C(=C/C2=C(O)C(=C/C3N(CCCCCCCCCCCCCCCC)c4cc5ccc(Br)cc5cc4C3(C)C)/C2=O)C(C)(C)c2cc3cc(Br)ccc3cc21. The monoisotopic (exact) mass is 1100 g/mol. The summed E-state index contributed by atoms with van der Waals surface area (Å²) in [6, 6.07) is 22.5. The molecule has 0 fully saturated rings. The highest BCUT2D eigenvalue weighted by Gasteiger charge is 2.47. The zero-order valence-corrected chi connectivity index (χ0v) is 48.9. The molecule has 1 N–H and O–H groups in total. The molecule has 7 rings (SSSR count). The molecular formula is C66H92Br2N2O2. The minimum absolute atomic E-state index is 0.0467. The lowest BCUT2D eigenvalue weighted by atomic mass is 9.76. The number of benzene rings is 4. The molecule has 1 aliphatic carbocycles. The van der Waals surface area contributed by atoms with Crippen LogP contribution in [0.4, 0.5) is 11.4 Å². The van der Waals surface area contributed by atoms with Gasteiger partial charge in [-0.05, 0) is 106 Å². The molecule has 0 saturated heterocycles. The molecule has 72 heavy (non-hydrogen) atoms. The van der Waals surface area contributed by atoms with Crippen molar-refractivity contribution < 1.29 is 9.90 Å². The predicted molar refractivity (Wildman–Crippen MR) is 319 cm³/mol. The number of hydrogen-bond donors (Lipinski definition) is 1. The Hall–Kier alpha value is -3.35. The molecule has 0 saturated carbocycles. The first-order chi connectivity index (χ1) is 34.9. The van der Waals surface area contributed by atoms with Gasteiger partial charge in [0.05, 0.1) is 17.2 Å². The van der Waals surface area contributed by atoms with Gasteiger partial charge in [-0.2, -0.15) is 0 Å². The lowest BCUT2D eigenvalue weighted by molar-refractivity contribution is -0.113. The number of Topliss-reactive ketones (excluding diaryl/α,β-unsaturated/α-hetero) is 1. The fraction of sp³-hybridized carbons (Fsp3) is 0.591. The van der Waals surface area contributed by atoms with Crippen LogP contribution in [-0.4, -0.2) is 30.0 Å². The van der Waals surface area contributed by atoms with Crippen LogP contribution in [0.15, 0.2) is 104 Å². The van der Waals surface area contributed by atoms with Crippen molar-refractivity contribution in [1.82, 2.24) is 0 Å². The van der Waals surface area contributed by atoms with Crippen molar-refractivity contribution in [3.05, 3.63) is 115 Å². The van der Waals surface area contributed by atoms with Crippen LogP contribution in [0.1, 0.15) is 232 Å². The first-order valence-corrected chi connectivity index (χ1v) is 30.9. The Morgan fingerprint density at radius 1 is 0.514 bits per heavy atom. The lowest BCUT2D eigenvalue weighted by Gasteiger charge is -2.34. The van der Waals surface area contributed by atoms with E-state index in [9.17, 15) is 9.90 Å². The van der Waals surface area contributed by atoms with Gasteiger partial charge in [0.25, 0.3) is 0 Å². The van der Waals surface area contributed by atoms with Crippen molar-refractivity contribution in [2.24, 2.45) is 0 Å². The number of nitrogens with zero attached hydrogens (tertiary/aromatic N) is 2. The number of anilines is 2. The smallest absolute Gasteiger partial charge is 0.200 e. The molecule has 4 nitrogen and oxygen atoms in total. The van der Waals surface area contributed by atoms with E-state index in [0.29, 0.717) is 11.1 Å². The maximum atomic E-state index is 14.6. The Morgan fingerprint density at radius 2 is 0.931 bits per heavy atom. The third-order valence-electron chi connectivity index (χ3n) is 16.9. The molecule has 0 radical (unpaired) electrons. The van der Waals surface area contributed by atoms with E-state index in [0.717, 1.165) is 40.6 Å². The topological polar surface area (TPSA) is 43.8 Å². The number of unbranched alkanes of at least 4 members (excludes halogenated alkanes) is 26. The van der Waals surface area contributed by atoms with Crippen LogP contribution >= 0.6 is 31.9 Å². The molecule has 1 atom stereocenters. The Kier molecular flexibility index (Phi) is 21.5. The average molecular weight is 1110 g/mol. The summed E-state index contributed by atoms with van der Waals surface area (Å²) in [5, 5.41) is 17.0. The molecule has 0 amide bonds. The quantitative estimate of drug-likeness (QED) is 0.0391. The number of halogens is 2. The molecule has 2 aliphatic heterocycles. The van der Waals surface area contributed by atoms with Crippen LogP contribution in [0.25, 0.3) is 21.5 Å². The summed E-state index contributed by atoms with van der Waals surface area (Å²) in [5.41, 5.74) is 6.44. The van der Waals surface area contributed by atoms with E-state index < -0.39 is 0 Å². The van der Waals surface area contributed by atoms with Crippen molar-refractivity contribution >= 4 is 70.6 Å². The van der Waals surface area contributed by atoms with Crippen molar-refractivity contribution in [1.29, 1.82) is 0 Å². The number of carbonyl (C=O) groups is 1. The molecule has 1 unspecified atom stereocenters. The Balaban J connectivity index is 1.04. The van der Waals surface area contributed by atoms with Crippen LogP contribution in [0.3, 0.4) is 0 Å². The van der Waals surface area contributed by atoms with Gasteiger partial charge in [-0.15, -0.1) is 0 Å². The van der Waals surface area contributed by atoms with Gasteiger partial charge in [-0.1, -0.05) is 252 Å². The molecule has 3 aliphatic rings. The molecule has 0 bridgehead atoms. The van der Waals surface area contributed by atoms with Crippen LogP contribution in [0.2, 0.25) is 0 Å². The van der Waals surface area contributed by atoms with Crippen molar-refractivity contribution in [2.45, 2.75) is 238 Å². The standard InChI is InChI=1S/C66H92Br2N2O2/c1-7-9-11-13-15-17-19-21-23-25-27-29-31-33-39-69-59-45-49-35-37-53(67)41-51(49)43-57(59)65(3,4)61(69)47-55-63(71)56(64(55)72)48-62-66(5,6)58-44-52-42-54(68)38-36-50(52)46-60(58)70(62)40-34-32-30-28-26-24-22-20-18-16-14-12-10-8-2/h35-38,41-48,61,71H,7-34,39-40H2,1-6H3/b55-47-,62-48+. The van der Waals surface area contributed by atoms with Gasteiger partial charge >= 0.3 is 0 Å². The van der Waals surface area contributed by atoms with Gasteiger partial charge < -0.3 is 14.9 Å². The highest BCUT2D eigenvalue weighted by Crippen LogP contribution is 2.52. The zero-order chi connectivity index (χ0) is 51.1. The summed E-state index contributed by atoms with van der Waals surface area (Å²) in [7, 11) is 0. The number of fused-ring (bicyclic) bond motifs is 4. The van der Waals surface area contributed by atoms with Gasteiger partial charge in [-0.3, -0.25) is 4.79 Å². The Labute approximate surface area is 454 Å². The average Bonchev–Trinajstić information content (AvgIpc) is 3.69. The summed E-state index contributed by atoms with van der Waals surface area (Å²) in [6.45, 7) is 15.6. The second kappa shape index (κ2) is 27.4. The molecule has 0 aromatic heterocycles. The number of hydrogen-bond acceptors (Lipinski definition) is 4. The van der Waals surface area contributed by atoms with Crippen LogP contribution < -0.4 is 9.80 Å². The summed E-state index contributed by atoms with van der Waals surface area (Å²) in [4.78, 5) is 19.6. The minimum Gasteiger partial charge on any atom is -0.506 e. The highest BCUT2D eigenvalue weighted by atomic mass is 79.9. The number of aliphatic hydroxyl groups excluding tert-OH is 1. The summed E-state index contributed by atoms with van der Waals surface area (Å²) in [5.74, 6) is 0.0941. The number of rotatable bonds is 32. The van der Waals surface area contributed by atoms with E-state index in [-0.39, 0.29) is 28.4 Å². The number of ketones is 1. The Bertz CT molecular complexity index is 2510. The maximum Gasteiger partial charge on any atom is 0.200 e. The van der Waals surface area contributed by atoms with E-state index in [1.54, 1.807) is 0 Å². The van der Waals surface area contributed by atoms with Crippen molar-refractivity contribution in [3.8, 4) is 0 Å². The first kappa shape index (κ1) is 56.4. The second-order valence-corrected chi connectivity index (χ2v) is 25.1.